The van der Waals surface area contributed by atoms with Crippen LogP contribution in [0.1, 0.15) is 39.2 Å². The third-order valence-corrected chi connectivity index (χ3v) is 5.52. The predicted molar refractivity (Wildman–Crippen MR) is 110 cm³/mol. The number of hydrogen-bond donors (Lipinski definition) is 1. The van der Waals surface area contributed by atoms with E-state index in [1.165, 1.54) is 31.5 Å². The summed E-state index contributed by atoms with van der Waals surface area (Å²) in [4.78, 5) is 2.42. The van der Waals surface area contributed by atoms with Gasteiger partial charge in [-0.3, -0.25) is 4.68 Å². The summed E-state index contributed by atoms with van der Waals surface area (Å²) in [5.41, 5.74) is 3.15. The van der Waals surface area contributed by atoms with Crippen molar-refractivity contribution in [1.29, 1.82) is 0 Å². The number of benzene rings is 1. The van der Waals surface area contributed by atoms with Crippen molar-refractivity contribution in [2.45, 2.75) is 45.7 Å². The topological polar surface area (TPSA) is 33.1 Å². The van der Waals surface area contributed by atoms with E-state index in [-0.39, 0.29) is 5.54 Å². The van der Waals surface area contributed by atoms with Crippen LogP contribution in [0.2, 0.25) is 5.02 Å². The first kappa shape index (κ1) is 19.4. The average Bonchev–Trinajstić information content (AvgIpc) is 3.01. The second-order valence-electron chi connectivity index (χ2n) is 8.48. The van der Waals surface area contributed by atoms with Crippen molar-refractivity contribution in [3.63, 3.8) is 0 Å². The number of nitrogens with one attached hydrogen (secondary N) is 1. The highest BCUT2D eigenvalue weighted by atomic mass is 35.5. The molecular formula is C21H31ClN4. The van der Waals surface area contributed by atoms with E-state index >= 15 is 0 Å². The minimum Gasteiger partial charge on any atom is -0.312 e. The van der Waals surface area contributed by atoms with Gasteiger partial charge in [0, 0.05) is 23.9 Å². The van der Waals surface area contributed by atoms with Crippen molar-refractivity contribution in [3.8, 4) is 11.3 Å². The number of halogens is 1. The Morgan fingerprint density at radius 1 is 1.19 bits per heavy atom. The van der Waals surface area contributed by atoms with Gasteiger partial charge in [0.2, 0.25) is 0 Å². The van der Waals surface area contributed by atoms with Gasteiger partial charge in [-0.1, -0.05) is 29.8 Å². The molecule has 0 spiro atoms. The molecule has 1 aromatic heterocycles. The molecule has 2 heterocycles. The van der Waals surface area contributed by atoms with Gasteiger partial charge in [-0.05, 0) is 72.3 Å². The molecule has 0 saturated carbocycles. The fourth-order valence-electron chi connectivity index (χ4n) is 3.44. The Balaban J connectivity index is 1.75. The van der Waals surface area contributed by atoms with Crippen LogP contribution in [0.4, 0.5) is 0 Å². The van der Waals surface area contributed by atoms with Gasteiger partial charge < -0.3 is 10.2 Å². The third-order valence-electron chi connectivity index (χ3n) is 5.19. The highest BCUT2D eigenvalue weighted by molar-refractivity contribution is 6.33. The molecule has 0 radical (unpaired) electrons. The normalized spacial score (nSPS) is 17.0. The van der Waals surface area contributed by atoms with Gasteiger partial charge in [0.1, 0.15) is 0 Å². The maximum Gasteiger partial charge on any atom is 0.0983 e. The van der Waals surface area contributed by atoms with Gasteiger partial charge in [0.05, 0.1) is 16.3 Å². The molecular weight excluding hydrogens is 344 g/mol. The van der Waals surface area contributed by atoms with Crippen molar-refractivity contribution >= 4 is 11.6 Å². The van der Waals surface area contributed by atoms with Gasteiger partial charge >= 0.3 is 0 Å². The molecule has 1 aliphatic rings. The summed E-state index contributed by atoms with van der Waals surface area (Å²) in [6.07, 6.45) is 4.73. The first-order valence-electron chi connectivity index (χ1n) is 9.58. The lowest BCUT2D eigenvalue weighted by molar-refractivity contribution is 0.216. The Kier molecular flexibility index (Phi) is 6.06. The Labute approximate surface area is 162 Å². The second-order valence-corrected chi connectivity index (χ2v) is 8.88. The molecule has 5 heteroatoms. The molecule has 26 heavy (non-hydrogen) atoms. The first-order chi connectivity index (χ1) is 12.3. The first-order valence-corrected chi connectivity index (χ1v) is 9.95. The molecule has 0 bridgehead atoms. The van der Waals surface area contributed by atoms with Gasteiger partial charge in [-0.25, -0.2) is 0 Å². The molecule has 3 rings (SSSR count). The number of piperidine rings is 1. The summed E-state index contributed by atoms with van der Waals surface area (Å²) in [5.74, 6) is 0.771. The highest BCUT2D eigenvalue weighted by Gasteiger charge is 2.21. The molecule has 0 aliphatic carbocycles. The van der Waals surface area contributed by atoms with Crippen LogP contribution in [0.15, 0.2) is 30.5 Å². The zero-order chi connectivity index (χ0) is 18.7. The highest BCUT2D eigenvalue weighted by Crippen LogP contribution is 2.30. The molecule has 0 amide bonds. The van der Waals surface area contributed by atoms with Crippen LogP contribution in [0, 0.1) is 5.92 Å². The van der Waals surface area contributed by atoms with E-state index in [1.807, 2.05) is 18.2 Å². The fourth-order valence-corrected chi connectivity index (χ4v) is 3.67. The fraction of sp³-hybridized carbons (Fsp3) is 0.571. The number of likely N-dealkylation sites (tertiary alicyclic amines) is 1. The number of aromatic nitrogens is 2. The van der Waals surface area contributed by atoms with Gasteiger partial charge in [-0.2, -0.15) is 5.10 Å². The number of nitrogens with zero attached hydrogens (tertiary/aromatic N) is 3. The van der Waals surface area contributed by atoms with Crippen molar-refractivity contribution in [1.82, 2.24) is 20.0 Å². The minimum atomic E-state index is -0.0534. The quantitative estimate of drug-likeness (QED) is 0.842. The van der Waals surface area contributed by atoms with Gasteiger partial charge in [-0.15, -0.1) is 0 Å². The molecule has 1 aliphatic heterocycles. The summed E-state index contributed by atoms with van der Waals surface area (Å²) >= 11 is 6.45. The van der Waals surface area contributed by atoms with E-state index in [9.17, 15) is 0 Å². The van der Waals surface area contributed by atoms with Gasteiger partial charge in [0.15, 0.2) is 0 Å². The summed E-state index contributed by atoms with van der Waals surface area (Å²) in [5, 5.41) is 9.29. The lowest BCUT2D eigenvalue weighted by Gasteiger charge is -2.29. The molecule has 142 valence electrons. The minimum absolute atomic E-state index is 0.0534. The third kappa shape index (κ3) is 4.67. The van der Waals surface area contributed by atoms with E-state index in [1.54, 1.807) is 0 Å². The predicted octanol–water partition coefficient (Wildman–Crippen LogP) is 4.39. The van der Waals surface area contributed by atoms with Crippen LogP contribution in [-0.2, 0) is 12.1 Å². The van der Waals surface area contributed by atoms with Crippen molar-refractivity contribution in [2.75, 3.05) is 26.7 Å². The SMILES string of the molecule is CN1CCC(CNCc2cn(C(C)(C)C)nc2-c2ccccc2Cl)CC1. The number of hydrogen-bond acceptors (Lipinski definition) is 3. The molecule has 1 fully saturated rings. The molecule has 4 nitrogen and oxygen atoms in total. The van der Waals surface area contributed by atoms with Crippen LogP contribution < -0.4 is 5.32 Å². The van der Waals surface area contributed by atoms with Crippen LogP contribution in [0.5, 0.6) is 0 Å². The van der Waals surface area contributed by atoms with E-state index < -0.39 is 0 Å². The maximum atomic E-state index is 6.45. The van der Waals surface area contributed by atoms with Crippen LogP contribution in [0.3, 0.4) is 0 Å². The Hall–Kier alpha value is -1.36. The smallest absolute Gasteiger partial charge is 0.0983 e. The van der Waals surface area contributed by atoms with E-state index in [2.05, 4.69) is 55.0 Å². The zero-order valence-electron chi connectivity index (χ0n) is 16.4. The zero-order valence-corrected chi connectivity index (χ0v) is 17.2. The largest absolute Gasteiger partial charge is 0.312 e. The van der Waals surface area contributed by atoms with E-state index in [4.69, 9.17) is 16.7 Å². The van der Waals surface area contributed by atoms with Crippen LogP contribution in [-0.4, -0.2) is 41.4 Å². The lowest BCUT2D eigenvalue weighted by atomic mass is 9.97. The average molecular weight is 375 g/mol. The molecule has 0 unspecified atom stereocenters. The van der Waals surface area contributed by atoms with Crippen molar-refractivity contribution < 1.29 is 0 Å². The van der Waals surface area contributed by atoms with Crippen LogP contribution in [0.25, 0.3) is 11.3 Å². The standard InChI is InChI=1S/C21H31ClN4/c1-21(2,3)26-15-17(14-23-13-16-9-11-25(4)12-10-16)20(24-26)18-7-5-6-8-19(18)22/h5-8,15-16,23H,9-14H2,1-4H3. The molecule has 1 N–H and O–H groups in total. The van der Waals surface area contributed by atoms with Crippen LogP contribution >= 0.6 is 11.6 Å². The van der Waals surface area contributed by atoms with E-state index in [0.717, 1.165) is 35.3 Å². The maximum absolute atomic E-state index is 6.45. The second kappa shape index (κ2) is 8.12. The molecule has 0 atom stereocenters. The summed E-state index contributed by atoms with van der Waals surface area (Å²) in [6, 6.07) is 7.97. The summed E-state index contributed by atoms with van der Waals surface area (Å²) < 4.78 is 2.05. The lowest BCUT2D eigenvalue weighted by Crippen LogP contribution is -2.34. The Morgan fingerprint density at radius 3 is 2.54 bits per heavy atom. The monoisotopic (exact) mass is 374 g/mol. The Morgan fingerprint density at radius 2 is 1.88 bits per heavy atom. The van der Waals surface area contributed by atoms with Gasteiger partial charge in [0.25, 0.3) is 0 Å². The number of rotatable bonds is 5. The van der Waals surface area contributed by atoms with Crippen molar-refractivity contribution in [3.05, 3.63) is 41.0 Å². The molecule has 1 saturated heterocycles. The van der Waals surface area contributed by atoms with Crippen molar-refractivity contribution in [2.24, 2.45) is 5.92 Å². The summed E-state index contributed by atoms with van der Waals surface area (Å²) in [7, 11) is 2.21. The molecule has 2 aromatic rings. The summed E-state index contributed by atoms with van der Waals surface area (Å²) in [6.45, 7) is 10.8. The van der Waals surface area contributed by atoms with E-state index in [0.29, 0.717) is 0 Å². The Bertz CT molecular complexity index is 724. The molecule has 1 aromatic carbocycles.